The van der Waals surface area contributed by atoms with E-state index in [4.69, 9.17) is 9.84 Å². The molecule has 0 aliphatic carbocycles. The zero-order chi connectivity index (χ0) is 15.3. The molecule has 1 unspecified atom stereocenters. The van der Waals surface area contributed by atoms with E-state index >= 15 is 0 Å². The van der Waals surface area contributed by atoms with Gasteiger partial charge in [0.05, 0.1) is 18.0 Å². The van der Waals surface area contributed by atoms with E-state index in [1.807, 2.05) is 6.92 Å². The molecule has 1 aliphatic rings. The fourth-order valence-corrected chi connectivity index (χ4v) is 3.00. The lowest BCUT2D eigenvalue weighted by atomic mass is 9.95. The van der Waals surface area contributed by atoms with Crippen LogP contribution in [0.15, 0.2) is 17.1 Å². The number of hydrogen-bond donors (Lipinski definition) is 1. The lowest BCUT2D eigenvalue weighted by Crippen LogP contribution is -2.24. The van der Waals surface area contributed by atoms with Crippen LogP contribution in [0, 0.1) is 5.82 Å². The highest BCUT2D eigenvalue weighted by Gasteiger charge is 2.26. The first-order chi connectivity index (χ1) is 9.95. The van der Waals surface area contributed by atoms with Crippen molar-refractivity contribution in [1.82, 2.24) is 4.57 Å². The predicted octanol–water partition coefficient (Wildman–Crippen LogP) is 2.35. The molecule has 5 nitrogen and oxygen atoms in total. The van der Waals surface area contributed by atoms with E-state index in [2.05, 4.69) is 0 Å². The summed E-state index contributed by atoms with van der Waals surface area (Å²) in [4.78, 5) is 23.5. The Hall–Kier alpha value is -2.37. The van der Waals surface area contributed by atoms with Crippen LogP contribution in [0.4, 0.5) is 4.39 Å². The summed E-state index contributed by atoms with van der Waals surface area (Å²) >= 11 is 0. The lowest BCUT2D eigenvalue weighted by Gasteiger charge is -2.27. The third-order valence-electron chi connectivity index (χ3n) is 4.04. The molecule has 0 fully saturated rings. The normalized spacial score (nSPS) is 17.0. The summed E-state index contributed by atoms with van der Waals surface area (Å²) in [6.07, 6.45) is 2.66. The van der Waals surface area contributed by atoms with Gasteiger partial charge in [-0.25, -0.2) is 9.18 Å². The number of aromatic nitrogens is 1. The number of hydrogen-bond acceptors (Lipinski definition) is 3. The zero-order valence-corrected chi connectivity index (χ0v) is 11.6. The third-order valence-corrected chi connectivity index (χ3v) is 4.04. The highest BCUT2D eigenvalue weighted by atomic mass is 19.1. The number of pyridine rings is 1. The summed E-state index contributed by atoms with van der Waals surface area (Å²) in [5.74, 6) is -1.81. The molecule has 1 aromatic heterocycles. The van der Waals surface area contributed by atoms with Crippen LogP contribution in [0.1, 0.15) is 35.3 Å². The lowest BCUT2D eigenvalue weighted by molar-refractivity contribution is 0.0694. The highest BCUT2D eigenvalue weighted by molar-refractivity contribution is 5.94. The number of carbonyl (C=O) groups is 1. The molecule has 2 heterocycles. The van der Waals surface area contributed by atoms with Crippen molar-refractivity contribution in [2.45, 2.75) is 25.8 Å². The fourth-order valence-electron chi connectivity index (χ4n) is 3.00. The molecule has 1 N–H and O–H groups in total. The number of aryl methyl sites for hydroxylation is 1. The second-order valence-electron chi connectivity index (χ2n) is 5.24. The molecule has 6 heteroatoms. The SMILES string of the molecule is COc1c(F)cc2c(=O)c(C(=O)O)cn3c2c1CCC3C. The number of halogens is 1. The molecule has 0 saturated carbocycles. The van der Waals surface area contributed by atoms with Gasteiger partial charge in [0.15, 0.2) is 11.6 Å². The van der Waals surface area contributed by atoms with Crippen molar-refractivity contribution in [1.29, 1.82) is 0 Å². The zero-order valence-electron chi connectivity index (χ0n) is 11.6. The minimum atomic E-state index is -1.30. The summed E-state index contributed by atoms with van der Waals surface area (Å²) in [7, 11) is 1.38. The monoisotopic (exact) mass is 291 g/mol. The van der Waals surface area contributed by atoms with Crippen molar-refractivity contribution in [3.05, 3.63) is 39.4 Å². The van der Waals surface area contributed by atoms with Gasteiger partial charge in [-0.3, -0.25) is 4.79 Å². The standard InChI is InChI=1S/C15H14FNO4/c1-7-3-4-8-12-9(5-11(16)14(8)21-2)13(18)10(15(19)20)6-17(7)12/h5-7H,3-4H2,1-2H3,(H,19,20). The van der Waals surface area contributed by atoms with E-state index in [1.54, 1.807) is 4.57 Å². The van der Waals surface area contributed by atoms with Gasteiger partial charge < -0.3 is 14.4 Å². The topological polar surface area (TPSA) is 68.5 Å². The van der Waals surface area contributed by atoms with Gasteiger partial charge in [0.2, 0.25) is 5.43 Å². The molecule has 1 aromatic carbocycles. The van der Waals surface area contributed by atoms with Crippen molar-refractivity contribution in [2.75, 3.05) is 7.11 Å². The second kappa shape index (κ2) is 4.58. The van der Waals surface area contributed by atoms with Gasteiger partial charge in [-0.2, -0.15) is 0 Å². The third kappa shape index (κ3) is 1.82. The van der Waals surface area contributed by atoms with E-state index in [1.165, 1.54) is 13.3 Å². The van der Waals surface area contributed by atoms with Crippen LogP contribution < -0.4 is 10.2 Å². The number of nitrogens with zero attached hydrogens (tertiary/aromatic N) is 1. The van der Waals surface area contributed by atoms with Gasteiger partial charge in [0.25, 0.3) is 0 Å². The first-order valence-electron chi connectivity index (χ1n) is 6.63. The van der Waals surface area contributed by atoms with Crippen molar-refractivity contribution in [3.8, 4) is 5.75 Å². The molecule has 2 aromatic rings. The summed E-state index contributed by atoms with van der Waals surface area (Å²) in [5, 5.41) is 9.25. The Balaban J connectivity index is 2.55. The van der Waals surface area contributed by atoms with Crippen LogP contribution in [0.2, 0.25) is 0 Å². The number of ether oxygens (including phenoxy) is 1. The van der Waals surface area contributed by atoms with Crippen molar-refractivity contribution in [3.63, 3.8) is 0 Å². The maximum Gasteiger partial charge on any atom is 0.341 e. The van der Waals surface area contributed by atoms with Crippen LogP contribution >= 0.6 is 0 Å². The molecule has 0 radical (unpaired) electrons. The Morgan fingerprint density at radius 3 is 2.86 bits per heavy atom. The van der Waals surface area contributed by atoms with E-state index in [9.17, 15) is 14.0 Å². The molecular formula is C15H14FNO4. The number of methoxy groups -OCH3 is 1. The molecule has 0 bridgehead atoms. The Kier molecular flexibility index (Phi) is 2.97. The van der Waals surface area contributed by atoms with Crippen LogP contribution in [-0.2, 0) is 6.42 Å². The summed E-state index contributed by atoms with van der Waals surface area (Å²) < 4.78 is 21.0. The smallest absolute Gasteiger partial charge is 0.341 e. The van der Waals surface area contributed by atoms with Gasteiger partial charge in [-0.05, 0) is 25.8 Å². The summed E-state index contributed by atoms with van der Waals surface area (Å²) in [6.45, 7) is 1.94. The van der Waals surface area contributed by atoms with Crippen molar-refractivity contribution >= 4 is 16.9 Å². The van der Waals surface area contributed by atoms with E-state index in [0.717, 1.165) is 12.5 Å². The van der Waals surface area contributed by atoms with Gasteiger partial charge >= 0.3 is 5.97 Å². The Morgan fingerprint density at radius 2 is 2.24 bits per heavy atom. The largest absolute Gasteiger partial charge is 0.493 e. The van der Waals surface area contributed by atoms with Crippen LogP contribution in [0.5, 0.6) is 5.75 Å². The quantitative estimate of drug-likeness (QED) is 0.922. The molecular weight excluding hydrogens is 277 g/mol. The average Bonchev–Trinajstić information content (AvgIpc) is 2.44. The number of carboxylic acids is 1. The molecule has 0 saturated heterocycles. The Bertz CT molecular complexity index is 825. The molecule has 0 amide bonds. The molecule has 1 aliphatic heterocycles. The van der Waals surface area contributed by atoms with Gasteiger partial charge in [-0.1, -0.05) is 0 Å². The molecule has 21 heavy (non-hydrogen) atoms. The number of aromatic carboxylic acids is 1. The average molecular weight is 291 g/mol. The summed E-state index contributed by atoms with van der Waals surface area (Å²) in [6, 6.07) is 1.11. The first kappa shape index (κ1) is 13.6. The van der Waals surface area contributed by atoms with Gasteiger partial charge in [0, 0.05) is 17.8 Å². The Labute approximate surface area is 119 Å². The van der Waals surface area contributed by atoms with Crippen LogP contribution in [-0.4, -0.2) is 22.8 Å². The minimum absolute atomic E-state index is 0.0360. The number of benzene rings is 1. The molecule has 0 spiro atoms. The van der Waals surface area contributed by atoms with Crippen molar-refractivity contribution in [2.24, 2.45) is 0 Å². The van der Waals surface area contributed by atoms with Crippen LogP contribution in [0.3, 0.4) is 0 Å². The second-order valence-corrected chi connectivity index (χ2v) is 5.24. The maximum atomic E-state index is 14.1. The fraction of sp³-hybridized carbons (Fsp3) is 0.333. The van der Waals surface area contributed by atoms with E-state index in [0.29, 0.717) is 17.5 Å². The number of rotatable bonds is 2. The highest BCUT2D eigenvalue weighted by Crippen LogP contribution is 2.37. The van der Waals surface area contributed by atoms with Gasteiger partial charge in [-0.15, -0.1) is 0 Å². The first-order valence-corrected chi connectivity index (χ1v) is 6.63. The molecule has 110 valence electrons. The summed E-state index contributed by atoms with van der Waals surface area (Å²) in [5.41, 5.74) is 0.194. The number of carboxylic acid groups (broad SMARTS) is 1. The van der Waals surface area contributed by atoms with Crippen molar-refractivity contribution < 1.29 is 19.0 Å². The predicted molar refractivity (Wildman–Crippen MR) is 74.7 cm³/mol. The van der Waals surface area contributed by atoms with E-state index < -0.39 is 17.2 Å². The molecule has 3 rings (SSSR count). The van der Waals surface area contributed by atoms with E-state index in [-0.39, 0.29) is 22.7 Å². The van der Waals surface area contributed by atoms with Crippen LogP contribution in [0.25, 0.3) is 10.9 Å². The minimum Gasteiger partial charge on any atom is -0.493 e. The Morgan fingerprint density at radius 1 is 1.52 bits per heavy atom. The maximum absolute atomic E-state index is 14.1. The van der Waals surface area contributed by atoms with Gasteiger partial charge in [0.1, 0.15) is 5.56 Å². The molecule has 1 atom stereocenters.